The molecule has 0 aromatic heterocycles. The molecule has 0 spiro atoms. The maximum atomic E-state index is 9.28. The molecule has 1 unspecified atom stereocenters. The topological polar surface area (TPSA) is 80.3 Å². The summed E-state index contributed by atoms with van der Waals surface area (Å²) in [5.41, 5.74) is 0. The molecule has 1 atom stereocenters. The van der Waals surface area contributed by atoms with Gasteiger partial charge in [0.05, 0.1) is 0 Å². The third kappa shape index (κ3) is 38.2. The minimum Gasteiger partial charge on any atom is 1.00 e. The van der Waals surface area contributed by atoms with Gasteiger partial charge in [-0.1, -0.05) is 0 Å². The molecule has 0 rings (SSSR count). The molecule has 0 aliphatic rings. The molecule has 0 N–H and O–H groups in total. The van der Waals surface area contributed by atoms with E-state index in [0.717, 1.165) is 4.59 Å². The van der Waals surface area contributed by atoms with Crippen molar-refractivity contribution in [3.05, 3.63) is 0 Å². The average Bonchev–Trinajstić information content (AvgIpc) is 2.15. The van der Waals surface area contributed by atoms with Gasteiger partial charge < -0.3 is 19.8 Å². The SMILES string of the molecule is O=C([O-])CC(=O)[O-].[Li][CH](C)CCCCCCC.[Na+].[Na+]. The van der Waals surface area contributed by atoms with Crippen molar-refractivity contribution in [3.8, 4) is 0 Å². The Bertz CT molecular complexity index is 202. The molecule has 0 saturated heterocycles. The van der Waals surface area contributed by atoms with Crippen LogP contribution in [0.1, 0.15) is 58.8 Å². The van der Waals surface area contributed by atoms with Crippen molar-refractivity contribution in [1.82, 2.24) is 0 Å². The van der Waals surface area contributed by atoms with Crippen LogP contribution in [0.4, 0.5) is 0 Å². The van der Waals surface area contributed by atoms with Gasteiger partial charge in [0.2, 0.25) is 0 Å². The van der Waals surface area contributed by atoms with Crippen LogP contribution in [0.2, 0.25) is 4.59 Å². The first-order valence-corrected chi connectivity index (χ1v) is 6.29. The van der Waals surface area contributed by atoms with Crippen molar-refractivity contribution < 1.29 is 78.9 Å². The third-order valence-electron chi connectivity index (χ3n) is 2.17. The first-order chi connectivity index (χ1) is 7.90. The number of unbranched alkanes of at least 4 members (excludes halogenated alkanes) is 4. The Morgan fingerprint density at radius 2 is 1.42 bits per heavy atom. The van der Waals surface area contributed by atoms with E-state index in [-0.39, 0.29) is 59.1 Å². The quantitative estimate of drug-likeness (QED) is 0.252. The fourth-order valence-electron chi connectivity index (χ4n) is 1.27. The minimum absolute atomic E-state index is 0. The number of carboxylic acid groups (broad SMARTS) is 2. The average molecular weight is 282 g/mol. The molecular weight excluding hydrogens is 261 g/mol. The Kier molecular flexibility index (Phi) is 32.9. The normalized spacial score (nSPS) is 10.1. The summed E-state index contributed by atoms with van der Waals surface area (Å²) in [6.45, 7) is 4.57. The van der Waals surface area contributed by atoms with Gasteiger partial charge >= 0.3 is 134 Å². The van der Waals surface area contributed by atoms with Crippen LogP contribution in [0.5, 0.6) is 0 Å². The largest absolute Gasteiger partial charge is 1.00 e. The second kappa shape index (κ2) is 21.8. The first-order valence-electron chi connectivity index (χ1n) is 6.29. The number of aliphatic carboxylic acids is 2. The molecule has 0 fully saturated rings. The van der Waals surface area contributed by atoms with Gasteiger partial charge in [-0.25, -0.2) is 0 Å². The monoisotopic (exact) mass is 282 g/mol. The number of carboxylic acids is 2. The van der Waals surface area contributed by atoms with Crippen LogP contribution in [-0.2, 0) is 9.59 Å². The zero-order chi connectivity index (χ0) is 13.7. The summed E-state index contributed by atoms with van der Waals surface area (Å²) in [6.07, 6.45) is 7.52. The Morgan fingerprint density at radius 1 is 1.00 bits per heavy atom. The first kappa shape index (κ1) is 28.7. The van der Waals surface area contributed by atoms with Crippen LogP contribution in [0.25, 0.3) is 0 Å². The van der Waals surface area contributed by atoms with Crippen LogP contribution in [0, 0.1) is 0 Å². The van der Waals surface area contributed by atoms with Crippen molar-refractivity contribution in [2.75, 3.05) is 0 Å². The van der Waals surface area contributed by atoms with Gasteiger partial charge in [0.1, 0.15) is 0 Å². The molecule has 0 radical (unpaired) electrons. The number of hydrogen-bond acceptors (Lipinski definition) is 4. The van der Waals surface area contributed by atoms with Crippen LogP contribution in [0.3, 0.4) is 0 Å². The smallest absolute Gasteiger partial charge is 1.00 e. The molecule has 0 bridgehead atoms. The van der Waals surface area contributed by atoms with Crippen LogP contribution in [0.15, 0.2) is 0 Å². The van der Waals surface area contributed by atoms with E-state index in [1.165, 1.54) is 38.5 Å². The molecule has 0 aromatic carbocycles. The summed E-state index contributed by atoms with van der Waals surface area (Å²) in [5, 5.41) is 18.6. The second-order valence-corrected chi connectivity index (χ2v) is 4.52. The van der Waals surface area contributed by atoms with E-state index in [1.54, 1.807) is 0 Å². The summed E-state index contributed by atoms with van der Waals surface area (Å²) in [4.78, 5) is 18.6. The van der Waals surface area contributed by atoms with Gasteiger partial charge in [0.15, 0.2) is 0 Å². The van der Waals surface area contributed by atoms with E-state index in [0.29, 0.717) is 0 Å². The fourth-order valence-corrected chi connectivity index (χ4v) is 1.27. The second-order valence-electron chi connectivity index (χ2n) is 4.52. The van der Waals surface area contributed by atoms with Crippen LogP contribution in [-0.4, -0.2) is 29.7 Å². The van der Waals surface area contributed by atoms with E-state index >= 15 is 0 Å². The summed E-state index contributed by atoms with van der Waals surface area (Å²) in [6, 6.07) is 0. The molecule has 0 amide bonds. The molecule has 0 saturated carbocycles. The van der Waals surface area contributed by atoms with Crippen molar-refractivity contribution in [2.24, 2.45) is 0 Å². The molecule has 19 heavy (non-hydrogen) atoms. The van der Waals surface area contributed by atoms with Gasteiger partial charge in [-0.3, -0.25) is 0 Å². The Balaban J connectivity index is -0.000000112. The summed E-state index contributed by atoms with van der Waals surface area (Å²) < 4.78 is 0.904. The van der Waals surface area contributed by atoms with Crippen molar-refractivity contribution in [3.63, 3.8) is 0 Å². The minimum atomic E-state index is -1.63. The van der Waals surface area contributed by atoms with Crippen molar-refractivity contribution in [1.29, 1.82) is 0 Å². The van der Waals surface area contributed by atoms with Crippen molar-refractivity contribution >= 4 is 29.7 Å². The van der Waals surface area contributed by atoms with Gasteiger partial charge in [-0.05, 0) is 0 Å². The van der Waals surface area contributed by atoms with E-state index in [9.17, 15) is 19.8 Å². The Hall–Kier alpha value is 1.54. The van der Waals surface area contributed by atoms with Gasteiger partial charge in [-0.2, -0.15) is 0 Å². The maximum Gasteiger partial charge on any atom is 1.00 e. The number of carbonyl (C=O) groups is 2. The molecule has 7 heteroatoms. The van der Waals surface area contributed by atoms with Crippen molar-refractivity contribution in [2.45, 2.75) is 63.4 Å². The Morgan fingerprint density at radius 3 is 1.68 bits per heavy atom. The summed E-state index contributed by atoms with van der Waals surface area (Å²) in [7, 11) is 0. The molecular formula is C12H21LiNa2O4. The van der Waals surface area contributed by atoms with E-state index < -0.39 is 18.4 Å². The van der Waals surface area contributed by atoms with E-state index in [2.05, 4.69) is 31.6 Å². The maximum absolute atomic E-state index is 9.28. The molecule has 4 nitrogen and oxygen atoms in total. The predicted molar refractivity (Wildman–Crippen MR) is 63.2 cm³/mol. The number of hydrogen-bond donors (Lipinski definition) is 0. The molecule has 0 heterocycles. The van der Waals surface area contributed by atoms with E-state index in [4.69, 9.17) is 0 Å². The number of rotatable bonds is 8. The molecule has 0 aliphatic carbocycles. The Labute approximate surface area is 170 Å². The molecule has 0 aromatic rings. The van der Waals surface area contributed by atoms with Gasteiger partial charge in [-0.15, -0.1) is 0 Å². The molecule has 0 aliphatic heterocycles. The van der Waals surface area contributed by atoms with Gasteiger partial charge in [0, 0.05) is 18.4 Å². The van der Waals surface area contributed by atoms with Gasteiger partial charge in [0.25, 0.3) is 0 Å². The molecule has 96 valence electrons. The standard InChI is InChI=1S/C9H19.C3H4O4.Li.2Na/c1-3-5-7-9-8-6-4-2;4-2(5)1-3(6)7;;;/h3H,4-9H2,1-2H3;1H2,(H,4,5)(H,6,7);;;/q;;;2*+1/p-2. The number of carbonyl (C=O) groups excluding carboxylic acids is 2. The summed E-state index contributed by atoms with van der Waals surface area (Å²) in [5.74, 6) is -3.25. The summed E-state index contributed by atoms with van der Waals surface area (Å²) >= 11 is 2.31. The van der Waals surface area contributed by atoms with E-state index in [1.807, 2.05) is 0 Å². The van der Waals surface area contributed by atoms with Crippen LogP contribution >= 0.6 is 0 Å². The third-order valence-corrected chi connectivity index (χ3v) is 2.17. The zero-order valence-corrected chi connectivity index (χ0v) is 17.2. The predicted octanol–water partition coefficient (Wildman–Crippen LogP) is -5.79. The van der Waals surface area contributed by atoms with Crippen LogP contribution < -0.4 is 69.3 Å². The fraction of sp³-hybridized carbons (Fsp3) is 0.833. The zero-order valence-electron chi connectivity index (χ0n) is 13.2.